The zero-order valence-corrected chi connectivity index (χ0v) is 14.9. The highest BCUT2D eigenvalue weighted by atomic mass is 79.9. The molecule has 1 aliphatic carbocycles. The summed E-state index contributed by atoms with van der Waals surface area (Å²) in [7, 11) is 1.87. The molecule has 0 bridgehead atoms. The molecular weight excluding hydrogens is 328 g/mol. The number of nitrogens with two attached hydrogens (primary N) is 1. The first-order valence-electron chi connectivity index (χ1n) is 7.42. The predicted octanol–water partition coefficient (Wildman–Crippen LogP) is 3.31. The van der Waals surface area contributed by atoms with Crippen molar-refractivity contribution in [2.45, 2.75) is 45.1 Å². The Bertz CT molecular complexity index is 515. The van der Waals surface area contributed by atoms with E-state index < -0.39 is 6.04 Å². The average molecular weight is 353 g/mol. The number of benzene rings is 1. The summed E-state index contributed by atoms with van der Waals surface area (Å²) < 4.78 is 1.08. The van der Waals surface area contributed by atoms with E-state index in [2.05, 4.69) is 40.2 Å². The molecule has 116 valence electrons. The van der Waals surface area contributed by atoms with Crippen LogP contribution in [0.4, 0.5) is 0 Å². The van der Waals surface area contributed by atoms with Gasteiger partial charge in [-0.1, -0.05) is 48.8 Å². The fourth-order valence-corrected chi connectivity index (χ4v) is 2.90. The summed E-state index contributed by atoms with van der Waals surface area (Å²) >= 11 is 3.47. The lowest BCUT2D eigenvalue weighted by Gasteiger charge is -2.32. The van der Waals surface area contributed by atoms with Crippen LogP contribution in [-0.2, 0) is 10.2 Å². The van der Waals surface area contributed by atoms with E-state index in [1.54, 1.807) is 0 Å². The number of amides is 1. The first-order chi connectivity index (χ1) is 9.66. The molecule has 1 aromatic rings. The molecule has 1 amide bonds. The van der Waals surface area contributed by atoms with E-state index in [4.69, 9.17) is 5.73 Å². The Morgan fingerprint density at radius 1 is 1.33 bits per heavy atom. The second-order valence-corrected chi connectivity index (χ2v) is 8.24. The quantitative estimate of drug-likeness (QED) is 0.903. The van der Waals surface area contributed by atoms with Gasteiger partial charge in [-0.15, -0.1) is 0 Å². The summed E-state index contributed by atoms with van der Waals surface area (Å²) in [4.78, 5) is 14.3. The van der Waals surface area contributed by atoms with E-state index in [0.717, 1.165) is 23.9 Å². The largest absolute Gasteiger partial charge is 0.344 e. The zero-order chi connectivity index (χ0) is 15.8. The molecule has 0 aromatic heterocycles. The van der Waals surface area contributed by atoms with Gasteiger partial charge in [-0.3, -0.25) is 4.79 Å². The lowest BCUT2D eigenvalue weighted by Crippen LogP contribution is -2.50. The second-order valence-electron chi connectivity index (χ2n) is 7.33. The summed E-state index contributed by atoms with van der Waals surface area (Å²) in [5.41, 5.74) is 7.33. The van der Waals surface area contributed by atoms with Crippen molar-refractivity contribution < 1.29 is 4.79 Å². The Morgan fingerprint density at radius 2 is 1.86 bits per heavy atom. The molecular formula is C17H25BrN2O. The van der Waals surface area contributed by atoms with Gasteiger partial charge in [0.25, 0.3) is 0 Å². The first kappa shape index (κ1) is 16.5. The van der Waals surface area contributed by atoms with Crippen molar-refractivity contribution in [1.29, 1.82) is 0 Å². The Balaban J connectivity index is 2.07. The van der Waals surface area contributed by atoms with Crippen LogP contribution < -0.4 is 5.73 Å². The van der Waals surface area contributed by atoms with Gasteiger partial charge in [0.05, 0.1) is 6.04 Å². The van der Waals surface area contributed by atoms with Crippen LogP contribution in [0, 0.1) is 5.41 Å². The number of nitrogens with zero attached hydrogens (tertiary/aromatic N) is 1. The highest BCUT2D eigenvalue weighted by Gasteiger charge is 2.46. The van der Waals surface area contributed by atoms with Crippen LogP contribution in [-0.4, -0.2) is 30.4 Å². The van der Waals surface area contributed by atoms with Gasteiger partial charge in [-0.05, 0) is 36.0 Å². The molecule has 0 radical (unpaired) electrons. The van der Waals surface area contributed by atoms with Crippen molar-refractivity contribution in [3.05, 3.63) is 34.3 Å². The fourth-order valence-electron chi connectivity index (χ4n) is 2.63. The minimum absolute atomic E-state index is 0.0332. The van der Waals surface area contributed by atoms with Crippen molar-refractivity contribution >= 4 is 21.8 Å². The smallest absolute Gasteiger partial charge is 0.239 e. The van der Waals surface area contributed by atoms with E-state index in [9.17, 15) is 4.79 Å². The number of hydrogen-bond acceptors (Lipinski definition) is 2. The van der Waals surface area contributed by atoms with Crippen molar-refractivity contribution in [3.63, 3.8) is 0 Å². The zero-order valence-electron chi connectivity index (χ0n) is 13.3. The van der Waals surface area contributed by atoms with Gasteiger partial charge < -0.3 is 10.6 Å². The summed E-state index contributed by atoms with van der Waals surface area (Å²) in [5, 5.41) is 0. The van der Waals surface area contributed by atoms with Crippen LogP contribution in [0.5, 0.6) is 0 Å². The van der Waals surface area contributed by atoms with Crippen LogP contribution >= 0.6 is 15.9 Å². The van der Waals surface area contributed by atoms with Crippen molar-refractivity contribution in [1.82, 2.24) is 4.90 Å². The van der Waals surface area contributed by atoms with E-state index in [1.165, 1.54) is 5.56 Å². The maximum atomic E-state index is 12.5. The third-order valence-corrected chi connectivity index (χ3v) is 4.95. The molecule has 3 nitrogen and oxygen atoms in total. The highest BCUT2D eigenvalue weighted by Crippen LogP contribution is 2.48. The van der Waals surface area contributed by atoms with Crippen molar-refractivity contribution in [3.8, 4) is 0 Å². The van der Waals surface area contributed by atoms with Crippen LogP contribution in [0.2, 0.25) is 0 Å². The molecule has 0 unspecified atom stereocenters. The molecule has 1 aliphatic rings. The lowest BCUT2D eigenvalue weighted by molar-refractivity contribution is -0.134. The number of likely N-dealkylation sites (N-methyl/N-ethyl adjacent to an activating group) is 1. The van der Waals surface area contributed by atoms with Gasteiger partial charge in [0.1, 0.15) is 0 Å². The Hall–Kier alpha value is -0.870. The molecule has 4 heteroatoms. The standard InChI is InChI=1S/C17H25BrN2O/c1-16(2,3)14(19)15(21)20(4)11-17(9-10-17)12-5-7-13(18)8-6-12/h5-8,14H,9-11,19H2,1-4H3/t14-/m1/s1. The van der Waals surface area contributed by atoms with Gasteiger partial charge in [-0.25, -0.2) is 0 Å². The maximum Gasteiger partial charge on any atom is 0.239 e. The normalized spacial score (nSPS) is 18.2. The average Bonchev–Trinajstić information content (AvgIpc) is 3.17. The fraction of sp³-hybridized carbons (Fsp3) is 0.588. The van der Waals surface area contributed by atoms with Crippen LogP contribution in [0.1, 0.15) is 39.2 Å². The molecule has 0 heterocycles. The Morgan fingerprint density at radius 3 is 2.29 bits per heavy atom. The number of carbonyl (C=O) groups excluding carboxylic acids is 1. The summed E-state index contributed by atoms with van der Waals surface area (Å²) in [5.74, 6) is 0.0332. The second kappa shape index (κ2) is 5.73. The van der Waals surface area contributed by atoms with Gasteiger partial charge in [-0.2, -0.15) is 0 Å². The molecule has 2 rings (SSSR count). The van der Waals surface area contributed by atoms with Gasteiger partial charge >= 0.3 is 0 Å². The number of carbonyl (C=O) groups is 1. The van der Waals surface area contributed by atoms with Gasteiger partial charge in [0.2, 0.25) is 5.91 Å². The first-order valence-corrected chi connectivity index (χ1v) is 8.22. The van der Waals surface area contributed by atoms with Crippen molar-refractivity contribution in [2.75, 3.05) is 13.6 Å². The number of rotatable bonds is 4. The lowest BCUT2D eigenvalue weighted by atomic mass is 9.86. The predicted molar refractivity (Wildman–Crippen MR) is 90.1 cm³/mol. The van der Waals surface area contributed by atoms with E-state index in [1.807, 2.05) is 32.7 Å². The van der Waals surface area contributed by atoms with Gasteiger partial charge in [0, 0.05) is 23.5 Å². The third kappa shape index (κ3) is 3.67. The van der Waals surface area contributed by atoms with Crippen LogP contribution in [0.15, 0.2) is 28.7 Å². The monoisotopic (exact) mass is 352 g/mol. The van der Waals surface area contributed by atoms with Crippen molar-refractivity contribution in [2.24, 2.45) is 11.1 Å². The van der Waals surface area contributed by atoms with E-state index in [0.29, 0.717) is 0 Å². The minimum atomic E-state index is -0.455. The Labute approximate surface area is 136 Å². The summed E-state index contributed by atoms with van der Waals surface area (Å²) in [6.45, 7) is 6.76. The molecule has 0 saturated heterocycles. The van der Waals surface area contributed by atoms with Gasteiger partial charge in [0.15, 0.2) is 0 Å². The molecule has 21 heavy (non-hydrogen) atoms. The molecule has 1 fully saturated rings. The van der Waals surface area contributed by atoms with E-state index in [-0.39, 0.29) is 16.7 Å². The molecule has 2 N–H and O–H groups in total. The molecule has 1 saturated carbocycles. The van der Waals surface area contributed by atoms with E-state index >= 15 is 0 Å². The highest BCUT2D eigenvalue weighted by molar-refractivity contribution is 9.10. The number of hydrogen-bond donors (Lipinski definition) is 1. The number of halogens is 1. The molecule has 1 aromatic carbocycles. The summed E-state index contributed by atoms with van der Waals surface area (Å²) in [6, 6.07) is 7.98. The molecule has 0 spiro atoms. The minimum Gasteiger partial charge on any atom is -0.344 e. The summed E-state index contributed by atoms with van der Waals surface area (Å²) in [6.07, 6.45) is 2.27. The molecule has 1 atom stereocenters. The molecule has 0 aliphatic heterocycles. The maximum absolute atomic E-state index is 12.5. The Kier molecular flexibility index (Phi) is 4.50. The topological polar surface area (TPSA) is 46.3 Å². The SMILES string of the molecule is CN(CC1(c2ccc(Br)cc2)CC1)C(=O)[C@@H](N)C(C)(C)C. The van der Waals surface area contributed by atoms with Crippen LogP contribution in [0.25, 0.3) is 0 Å². The van der Waals surface area contributed by atoms with Crippen LogP contribution in [0.3, 0.4) is 0 Å². The third-order valence-electron chi connectivity index (χ3n) is 4.43.